The molecule has 4 nitrogen and oxygen atoms in total. The van der Waals surface area contributed by atoms with E-state index in [1.54, 1.807) is 7.11 Å². The fourth-order valence-electron chi connectivity index (χ4n) is 6.28. The van der Waals surface area contributed by atoms with Crippen molar-refractivity contribution >= 4 is 11.8 Å². The quantitative estimate of drug-likeness (QED) is 0.602. The van der Waals surface area contributed by atoms with Crippen molar-refractivity contribution in [2.45, 2.75) is 83.7 Å². The lowest BCUT2D eigenvalue weighted by Gasteiger charge is -2.51. The monoisotopic (exact) mass is 412 g/mol. The highest BCUT2D eigenvalue weighted by molar-refractivity contribution is 5.92. The zero-order valence-corrected chi connectivity index (χ0v) is 18.9. The number of hydrogen-bond acceptors (Lipinski definition) is 4. The lowest BCUT2D eigenvalue weighted by Crippen LogP contribution is -2.55. The third kappa shape index (κ3) is 3.56. The molecule has 5 atom stereocenters. The molecular formula is C26H36O4. The van der Waals surface area contributed by atoms with Gasteiger partial charge in [0.1, 0.15) is 17.6 Å². The number of benzene rings is 1. The summed E-state index contributed by atoms with van der Waals surface area (Å²) in [7, 11) is 1.68. The molecule has 0 N–H and O–H groups in total. The summed E-state index contributed by atoms with van der Waals surface area (Å²) in [5.41, 5.74) is 0.609. The molecule has 3 saturated carbocycles. The summed E-state index contributed by atoms with van der Waals surface area (Å²) in [6, 6.07) is 8.29. The Morgan fingerprint density at radius 1 is 1.10 bits per heavy atom. The molecule has 164 valence electrons. The van der Waals surface area contributed by atoms with Crippen LogP contribution in [0.15, 0.2) is 24.3 Å². The smallest absolute Gasteiger partial charge is 0.313 e. The van der Waals surface area contributed by atoms with Gasteiger partial charge < -0.3 is 9.47 Å². The number of carbonyl (C=O) groups excluding carboxylic acids is 2. The summed E-state index contributed by atoms with van der Waals surface area (Å²) < 4.78 is 11.6. The number of Topliss-reactive ketones (excluding diaryl/α,β-unsaturated/α-hetero) is 1. The van der Waals surface area contributed by atoms with Crippen LogP contribution in [0.2, 0.25) is 0 Å². The van der Waals surface area contributed by atoms with Gasteiger partial charge >= 0.3 is 5.97 Å². The summed E-state index contributed by atoms with van der Waals surface area (Å²) in [5, 5.41) is 0. The van der Waals surface area contributed by atoms with Crippen LogP contribution in [0, 0.1) is 23.2 Å². The Kier molecular flexibility index (Phi) is 5.71. The maximum atomic E-state index is 13.4. The topological polar surface area (TPSA) is 52.6 Å². The van der Waals surface area contributed by atoms with E-state index >= 15 is 0 Å². The minimum absolute atomic E-state index is 0.0900. The third-order valence-electron chi connectivity index (χ3n) is 8.46. The van der Waals surface area contributed by atoms with E-state index in [1.165, 1.54) is 5.56 Å². The molecule has 30 heavy (non-hydrogen) atoms. The summed E-state index contributed by atoms with van der Waals surface area (Å²) in [4.78, 5) is 25.8. The van der Waals surface area contributed by atoms with E-state index in [2.05, 4.69) is 32.9 Å². The molecule has 4 rings (SSSR count). The molecule has 0 saturated heterocycles. The summed E-state index contributed by atoms with van der Waals surface area (Å²) in [6.07, 6.45) is 6.97. The van der Waals surface area contributed by atoms with E-state index < -0.39 is 5.41 Å². The average molecular weight is 413 g/mol. The van der Waals surface area contributed by atoms with Crippen LogP contribution in [-0.4, -0.2) is 25.0 Å². The largest absolute Gasteiger partial charge is 0.497 e. The highest BCUT2D eigenvalue weighted by Gasteiger charge is 2.58. The van der Waals surface area contributed by atoms with Crippen molar-refractivity contribution in [1.82, 2.24) is 0 Å². The molecule has 3 aliphatic rings. The average Bonchev–Trinajstić information content (AvgIpc) is 2.69. The lowest BCUT2D eigenvalue weighted by atomic mass is 9.53. The van der Waals surface area contributed by atoms with Crippen LogP contribution in [0.3, 0.4) is 0 Å². The third-order valence-corrected chi connectivity index (χ3v) is 8.46. The maximum absolute atomic E-state index is 13.4. The number of carbonyl (C=O) groups is 2. The zero-order valence-electron chi connectivity index (χ0n) is 18.9. The van der Waals surface area contributed by atoms with Crippen molar-refractivity contribution in [3.8, 4) is 5.75 Å². The zero-order chi connectivity index (χ0) is 21.5. The van der Waals surface area contributed by atoms with Gasteiger partial charge in [-0.1, -0.05) is 39.3 Å². The predicted octanol–water partition coefficient (Wildman–Crippen LogP) is 5.47. The Bertz CT molecular complexity index is 796. The highest BCUT2D eigenvalue weighted by Crippen LogP contribution is 2.55. The fourth-order valence-corrected chi connectivity index (χ4v) is 6.28. The number of fused-ring (bicyclic) bond motifs is 1. The van der Waals surface area contributed by atoms with Gasteiger partial charge in [0.2, 0.25) is 0 Å². The minimum Gasteiger partial charge on any atom is -0.497 e. The normalized spacial score (nSPS) is 33.9. The summed E-state index contributed by atoms with van der Waals surface area (Å²) in [5.74, 6) is 1.76. The van der Waals surface area contributed by atoms with Crippen molar-refractivity contribution in [3.05, 3.63) is 29.8 Å². The maximum Gasteiger partial charge on any atom is 0.313 e. The molecule has 4 heteroatoms. The number of ketones is 1. The molecule has 3 aliphatic carbocycles. The van der Waals surface area contributed by atoms with Crippen LogP contribution >= 0.6 is 0 Å². The second-order valence-electron chi connectivity index (χ2n) is 10.5. The summed E-state index contributed by atoms with van der Waals surface area (Å²) >= 11 is 0. The SMILES string of the molecule is COc1ccc(C(C)(C)C2CCC(C)CC2OC(=O)C23CCCC(=O)C2CC3)cc1. The Morgan fingerprint density at radius 2 is 1.83 bits per heavy atom. The Morgan fingerprint density at radius 3 is 2.47 bits per heavy atom. The van der Waals surface area contributed by atoms with E-state index in [0.717, 1.165) is 50.7 Å². The second-order valence-corrected chi connectivity index (χ2v) is 10.5. The number of hydrogen-bond donors (Lipinski definition) is 0. The Hall–Kier alpha value is -1.84. The van der Waals surface area contributed by atoms with Crippen LogP contribution in [0.5, 0.6) is 5.75 Å². The first kappa shape index (κ1) is 21.4. The van der Waals surface area contributed by atoms with Gasteiger partial charge in [0.05, 0.1) is 12.5 Å². The molecule has 5 unspecified atom stereocenters. The lowest BCUT2D eigenvalue weighted by molar-refractivity contribution is -0.187. The van der Waals surface area contributed by atoms with E-state index in [4.69, 9.17) is 9.47 Å². The first-order chi connectivity index (χ1) is 14.3. The van der Waals surface area contributed by atoms with Gasteiger partial charge in [-0.2, -0.15) is 0 Å². The van der Waals surface area contributed by atoms with E-state index in [0.29, 0.717) is 12.3 Å². The molecule has 0 spiro atoms. The van der Waals surface area contributed by atoms with E-state index in [9.17, 15) is 9.59 Å². The molecule has 3 fully saturated rings. The molecule has 1 aromatic carbocycles. The van der Waals surface area contributed by atoms with Crippen molar-refractivity contribution in [3.63, 3.8) is 0 Å². The molecular weight excluding hydrogens is 376 g/mol. The molecule has 0 aliphatic heterocycles. The van der Waals surface area contributed by atoms with Gasteiger partial charge in [0.25, 0.3) is 0 Å². The van der Waals surface area contributed by atoms with Gasteiger partial charge in [0, 0.05) is 18.3 Å². The van der Waals surface area contributed by atoms with Crippen LogP contribution in [0.1, 0.15) is 77.7 Å². The predicted molar refractivity (Wildman–Crippen MR) is 116 cm³/mol. The van der Waals surface area contributed by atoms with Crippen LogP contribution in [0.4, 0.5) is 0 Å². The van der Waals surface area contributed by atoms with Crippen molar-refractivity contribution in [2.75, 3.05) is 7.11 Å². The fraction of sp³-hybridized carbons (Fsp3) is 0.692. The summed E-state index contributed by atoms with van der Waals surface area (Å²) in [6.45, 7) is 6.79. The standard InChI is InChI=1S/C26H36O4/c1-17-7-12-21(25(2,3)18-8-10-19(29-4)11-9-18)23(16-17)30-24(28)26-14-5-6-22(27)20(26)13-15-26/h8-11,17,20-21,23H,5-7,12-16H2,1-4H3. The molecule has 0 heterocycles. The van der Waals surface area contributed by atoms with Crippen molar-refractivity contribution < 1.29 is 19.1 Å². The van der Waals surface area contributed by atoms with Crippen LogP contribution in [-0.2, 0) is 19.7 Å². The van der Waals surface area contributed by atoms with Crippen LogP contribution < -0.4 is 4.74 Å². The number of rotatable bonds is 5. The van der Waals surface area contributed by atoms with Crippen molar-refractivity contribution in [1.29, 1.82) is 0 Å². The number of methoxy groups -OCH3 is 1. The van der Waals surface area contributed by atoms with Gasteiger partial charge in [-0.05, 0) is 67.6 Å². The van der Waals surface area contributed by atoms with Gasteiger partial charge in [0.15, 0.2) is 0 Å². The first-order valence-corrected chi connectivity index (χ1v) is 11.7. The highest BCUT2D eigenvalue weighted by atomic mass is 16.5. The molecule has 0 radical (unpaired) electrons. The molecule has 1 aromatic rings. The van der Waals surface area contributed by atoms with E-state index in [1.807, 2.05) is 12.1 Å². The molecule has 0 aromatic heterocycles. The van der Waals surface area contributed by atoms with Gasteiger partial charge in [-0.15, -0.1) is 0 Å². The van der Waals surface area contributed by atoms with Gasteiger partial charge in [-0.25, -0.2) is 0 Å². The van der Waals surface area contributed by atoms with Crippen LogP contribution in [0.25, 0.3) is 0 Å². The van der Waals surface area contributed by atoms with Gasteiger partial charge in [-0.3, -0.25) is 9.59 Å². The van der Waals surface area contributed by atoms with E-state index in [-0.39, 0.29) is 35.1 Å². The van der Waals surface area contributed by atoms with Crippen molar-refractivity contribution in [2.24, 2.45) is 23.2 Å². The minimum atomic E-state index is -0.523. The Balaban J connectivity index is 1.55. The number of esters is 1. The molecule has 0 bridgehead atoms. The Labute approximate surface area is 180 Å². The number of ether oxygens (including phenoxy) is 2. The first-order valence-electron chi connectivity index (χ1n) is 11.7. The molecule has 0 amide bonds. The second kappa shape index (κ2) is 8.01.